The van der Waals surface area contributed by atoms with Crippen LogP contribution in [0.2, 0.25) is 0 Å². The van der Waals surface area contributed by atoms with Crippen LogP contribution in [-0.4, -0.2) is 6.54 Å². The molecule has 2 N–H and O–H groups in total. The molecule has 58 valence electrons. The first-order chi connectivity index (χ1) is 4.66. The maximum absolute atomic E-state index is 5.38. The van der Waals surface area contributed by atoms with Crippen LogP contribution < -0.4 is 5.73 Å². The van der Waals surface area contributed by atoms with E-state index in [1.165, 1.54) is 0 Å². The molecule has 0 amide bonds. The molecule has 0 aliphatic carbocycles. The van der Waals surface area contributed by atoms with Gasteiger partial charge in [0.15, 0.2) is 0 Å². The van der Waals surface area contributed by atoms with Crippen molar-refractivity contribution in [3.8, 4) is 0 Å². The molecule has 0 aromatic carbocycles. The molecule has 0 heterocycles. The molecule has 1 atom stereocenters. The van der Waals surface area contributed by atoms with E-state index in [-0.39, 0.29) is 0 Å². The smallest absolute Gasteiger partial charge is 0.00718 e. The SMILES string of the molecule is C=C(C)/C=C\C(C)CCN. The van der Waals surface area contributed by atoms with Crippen LogP contribution in [-0.2, 0) is 0 Å². The summed E-state index contributed by atoms with van der Waals surface area (Å²) in [6.07, 6.45) is 5.25. The average Bonchev–Trinajstić information content (AvgIpc) is 1.85. The molecule has 0 saturated carbocycles. The monoisotopic (exact) mass is 139 g/mol. The van der Waals surface area contributed by atoms with Crippen molar-refractivity contribution in [2.24, 2.45) is 11.7 Å². The van der Waals surface area contributed by atoms with E-state index in [9.17, 15) is 0 Å². The van der Waals surface area contributed by atoms with E-state index in [4.69, 9.17) is 5.73 Å². The maximum Gasteiger partial charge on any atom is -0.00718 e. The maximum atomic E-state index is 5.38. The molecule has 0 saturated heterocycles. The molecule has 0 rings (SSSR count). The Balaban J connectivity index is 3.55. The molecule has 0 aliphatic heterocycles. The third-order valence-corrected chi connectivity index (χ3v) is 1.33. The van der Waals surface area contributed by atoms with Crippen LogP contribution in [0.3, 0.4) is 0 Å². The van der Waals surface area contributed by atoms with Gasteiger partial charge in [-0.1, -0.05) is 31.2 Å². The lowest BCUT2D eigenvalue weighted by molar-refractivity contribution is 0.658. The van der Waals surface area contributed by atoms with Gasteiger partial charge >= 0.3 is 0 Å². The van der Waals surface area contributed by atoms with Crippen molar-refractivity contribution in [1.29, 1.82) is 0 Å². The molecule has 10 heavy (non-hydrogen) atoms. The highest BCUT2D eigenvalue weighted by molar-refractivity contribution is 5.11. The molecule has 0 aromatic heterocycles. The number of hydrogen-bond acceptors (Lipinski definition) is 1. The Morgan fingerprint density at radius 2 is 2.30 bits per heavy atom. The van der Waals surface area contributed by atoms with Crippen molar-refractivity contribution in [3.05, 3.63) is 24.3 Å². The van der Waals surface area contributed by atoms with Crippen LogP contribution in [0, 0.1) is 5.92 Å². The van der Waals surface area contributed by atoms with Crippen molar-refractivity contribution < 1.29 is 0 Å². The van der Waals surface area contributed by atoms with Crippen molar-refractivity contribution >= 4 is 0 Å². The van der Waals surface area contributed by atoms with Crippen LogP contribution in [0.1, 0.15) is 20.3 Å². The summed E-state index contributed by atoms with van der Waals surface area (Å²) in [6.45, 7) is 8.69. The standard InChI is InChI=1S/C9H17N/c1-8(2)4-5-9(3)6-7-10/h4-5,9H,1,6-7,10H2,2-3H3/b5-4-. The van der Waals surface area contributed by atoms with Gasteiger partial charge in [0, 0.05) is 0 Å². The summed E-state index contributed by atoms with van der Waals surface area (Å²) in [5.41, 5.74) is 6.48. The van der Waals surface area contributed by atoms with Gasteiger partial charge in [-0.15, -0.1) is 0 Å². The molecule has 0 fully saturated rings. The van der Waals surface area contributed by atoms with E-state index in [0.29, 0.717) is 5.92 Å². The fraction of sp³-hybridized carbons (Fsp3) is 0.556. The van der Waals surface area contributed by atoms with Crippen LogP contribution in [0.15, 0.2) is 24.3 Å². The van der Waals surface area contributed by atoms with Crippen LogP contribution in [0.4, 0.5) is 0 Å². The van der Waals surface area contributed by atoms with Crippen LogP contribution in [0.25, 0.3) is 0 Å². The number of rotatable bonds is 4. The van der Waals surface area contributed by atoms with Crippen LogP contribution in [0.5, 0.6) is 0 Å². The highest BCUT2D eigenvalue weighted by atomic mass is 14.5. The molecule has 1 unspecified atom stereocenters. The molecule has 0 spiro atoms. The second-order valence-corrected chi connectivity index (χ2v) is 2.76. The Bertz CT molecular complexity index is 125. The molecule has 0 radical (unpaired) electrons. The van der Waals surface area contributed by atoms with Gasteiger partial charge in [0.05, 0.1) is 0 Å². The van der Waals surface area contributed by atoms with Gasteiger partial charge in [-0.3, -0.25) is 0 Å². The Hall–Kier alpha value is -0.560. The summed E-state index contributed by atoms with van der Waals surface area (Å²) in [5, 5.41) is 0. The molecular formula is C9H17N. The van der Waals surface area contributed by atoms with Gasteiger partial charge in [0.1, 0.15) is 0 Å². The average molecular weight is 139 g/mol. The fourth-order valence-electron chi connectivity index (χ4n) is 0.688. The molecular weight excluding hydrogens is 122 g/mol. The number of hydrogen-bond donors (Lipinski definition) is 1. The lowest BCUT2D eigenvalue weighted by Gasteiger charge is -2.01. The highest BCUT2D eigenvalue weighted by Crippen LogP contribution is 2.03. The molecule has 1 nitrogen and oxygen atoms in total. The summed E-state index contributed by atoms with van der Waals surface area (Å²) >= 11 is 0. The van der Waals surface area contributed by atoms with Gasteiger partial charge in [-0.2, -0.15) is 0 Å². The quantitative estimate of drug-likeness (QED) is 0.593. The third kappa shape index (κ3) is 5.57. The minimum absolute atomic E-state index is 0.585. The Morgan fingerprint density at radius 1 is 1.70 bits per heavy atom. The number of allylic oxidation sites excluding steroid dienone is 3. The summed E-state index contributed by atoms with van der Waals surface area (Å²) in [5.74, 6) is 0.585. The van der Waals surface area contributed by atoms with E-state index in [1.54, 1.807) is 0 Å². The lowest BCUT2D eigenvalue weighted by atomic mass is 10.1. The molecule has 0 aliphatic rings. The first-order valence-corrected chi connectivity index (χ1v) is 3.70. The first kappa shape index (κ1) is 9.44. The minimum Gasteiger partial charge on any atom is -0.330 e. The number of nitrogens with two attached hydrogens (primary N) is 1. The normalized spacial score (nSPS) is 13.9. The predicted molar refractivity (Wildman–Crippen MR) is 46.8 cm³/mol. The van der Waals surface area contributed by atoms with Gasteiger partial charge in [0.2, 0.25) is 0 Å². The zero-order valence-corrected chi connectivity index (χ0v) is 6.93. The molecule has 0 aromatic rings. The van der Waals surface area contributed by atoms with E-state index in [2.05, 4.69) is 19.6 Å². The van der Waals surface area contributed by atoms with Gasteiger partial charge < -0.3 is 5.73 Å². The van der Waals surface area contributed by atoms with Gasteiger partial charge in [0.25, 0.3) is 0 Å². The van der Waals surface area contributed by atoms with E-state index in [1.807, 2.05) is 13.0 Å². The summed E-state index contributed by atoms with van der Waals surface area (Å²) in [7, 11) is 0. The van der Waals surface area contributed by atoms with E-state index < -0.39 is 0 Å². The van der Waals surface area contributed by atoms with Gasteiger partial charge in [-0.25, -0.2) is 0 Å². The lowest BCUT2D eigenvalue weighted by Crippen LogP contribution is -2.03. The summed E-state index contributed by atoms with van der Waals surface area (Å²) in [6, 6.07) is 0. The van der Waals surface area contributed by atoms with Crippen molar-refractivity contribution in [2.75, 3.05) is 6.54 Å². The predicted octanol–water partition coefficient (Wildman–Crippen LogP) is 2.10. The topological polar surface area (TPSA) is 26.0 Å². The Labute approximate surface area is 63.6 Å². The minimum atomic E-state index is 0.585. The second-order valence-electron chi connectivity index (χ2n) is 2.76. The fourth-order valence-corrected chi connectivity index (χ4v) is 0.688. The zero-order valence-electron chi connectivity index (χ0n) is 6.93. The Kier molecular flexibility index (Phi) is 4.95. The van der Waals surface area contributed by atoms with Gasteiger partial charge in [-0.05, 0) is 25.8 Å². The molecule has 0 bridgehead atoms. The third-order valence-electron chi connectivity index (χ3n) is 1.33. The van der Waals surface area contributed by atoms with Crippen molar-refractivity contribution in [2.45, 2.75) is 20.3 Å². The van der Waals surface area contributed by atoms with Crippen molar-refractivity contribution in [3.63, 3.8) is 0 Å². The van der Waals surface area contributed by atoms with E-state index in [0.717, 1.165) is 18.5 Å². The highest BCUT2D eigenvalue weighted by Gasteiger charge is 1.92. The second kappa shape index (κ2) is 5.24. The zero-order chi connectivity index (χ0) is 7.98. The van der Waals surface area contributed by atoms with Crippen LogP contribution >= 0.6 is 0 Å². The summed E-state index contributed by atoms with van der Waals surface area (Å²) in [4.78, 5) is 0. The molecule has 1 heteroatoms. The van der Waals surface area contributed by atoms with E-state index >= 15 is 0 Å². The largest absolute Gasteiger partial charge is 0.330 e. The first-order valence-electron chi connectivity index (χ1n) is 3.70. The van der Waals surface area contributed by atoms with Crippen molar-refractivity contribution in [1.82, 2.24) is 0 Å². The Morgan fingerprint density at radius 3 is 2.70 bits per heavy atom. The summed E-state index contributed by atoms with van der Waals surface area (Å²) < 4.78 is 0.